The van der Waals surface area contributed by atoms with Crippen LogP contribution in [0.4, 0.5) is 0 Å². The molecular formula is C4H9BrZn. The summed E-state index contributed by atoms with van der Waals surface area (Å²) in [7, 11) is 0. The van der Waals surface area contributed by atoms with Gasteiger partial charge in [-0.1, -0.05) is 0 Å². The molecule has 6 heavy (non-hydrogen) atoms. The molecule has 0 saturated carbocycles. The van der Waals surface area contributed by atoms with E-state index in [1.54, 1.807) is 0 Å². The Hall–Kier alpha value is 1.10. The molecule has 0 aromatic heterocycles. The van der Waals surface area contributed by atoms with Crippen LogP contribution < -0.4 is 0 Å². The first-order chi connectivity index (χ1) is 2.56. The summed E-state index contributed by atoms with van der Waals surface area (Å²) in [5.74, 6) is 0. The maximum absolute atomic E-state index is 3.56. The summed E-state index contributed by atoms with van der Waals surface area (Å²) in [5, 5.41) is 0. The van der Waals surface area contributed by atoms with Crippen molar-refractivity contribution in [2.24, 2.45) is 0 Å². The van der Waals surface area contributed by atoms with Crippen molar-refractivity contribution in [1.82, 2.24) is 0 Å². The molecule has 0 bridgehead atoms. The molecule has 0 spiro atoms. The topological polar surface area (TPSA) is 0 Å². The summed E-state index contributed by atoms with van der Waals surface area (Å²) in [6.07, 6.45) is 0. The van der Waals surface area contributed by atoms with Crippen LogP contribution in [-0.4, -0.2) is 0 Å². The first kappa shape index (κ1) is 7.10. The Morgan fingerprint density at radius 3 is 1.50 bits per heavy atom. The molecule has 0 N–H and O–H groups in total. The van der Waals surface area contributed by atoms with Gasteiger partial charge < -0.3 is 0 Å². The molecule has 0 fully saturated rings. The molecule has 0 radical (unpaired) electrons. The molecule has 0 aliphatic heterocycles. The molecule has 0 unspecified atom stereocenters. The van der Waals surface area contributed by atoms with Crippen molar-refractivity contribution in [1.29, 1.82) is 0 Å². The van der Waals surface area contributed by atoms with Crippen LogP contribution in [0.15, 0.2) is 0 Å². The molecule has 0 amide bonds. The van der Waals surface area contributed by atoms with E-state index >= 15 is 0 Å². The van der Waals surface area contributed by atoms with E-state index in [0.29, 0.717) is 4.01 Å². The second-order valence-corrected chi connectivity index (χ2v) is 10.6. The van der Waals surface area contributed by atoms with Crippen molar-refractivity contribution in [2.75, 3.05) is 0 Å². The Morgan fingerprint density at radius 1 is 1.33 bits per heavy atom. The average Bonchev–Trinajstić information content (AvgIpc) is 1.35. The van der Waals surface area contributed by atoms with E-state index in [-0.39, 0.29) is 15.2 Å². The van der Waals surface area contributed by atoms with Crippen LogP contribution >= 0.6 is 13.6 Å². The normalized spacial score (nSPS) is 10.7. The molecular weight excluding hydrogens is 193 g/mol. The average molecular weight is 202 g/mol. The van der Waals surface area contributed by atoms with Crippen molar-refractivity contribution in [3.8, 4) is 0 Å². The first-order valence-corrected chi connectivity index (χ1v) is 10.6. The number of hydrogen-bond acceptors (Lipinski definition) is 0. The third-order valence-electron chi connectivity index (χ3n) is 0.401. The summed E-state index contributed by atoms with van der Waals surface area (Å²) in [5.41, 5.74) is 0. The third-order valence-corrected chi connectivity index (χ3v) is 10.8. The fourth-order valence-corrected chi connectivity index (χ4v) is 0. The molecule has 0 aliphatic rings. The summed E-state index contributed by atoms with van der Waals surface area (Å²) >= 11 is 3.27. The zero-order valence-electron chi connectivity index (χ0n) is 4.59. The molecule has 0 atom stereocenters. The van der Waals surface area contributed by atoms with E-state index in [0.717, 1.165) is 0 Å². The van der Waals surface area contributed by atoms with E-state index in [2.05, 4.69) is 34.4 Å². The predicted molar refractivity (Wildman–Crippen MR) is 28.6 cm³/mol. The molecule has 0 nitrogen and oxygen atoms in total. The fraction of sp³-hybridized carbons (Fsp3) is 1.00. The quantitative estimate of drug-likeness (QED) is 0.530. The van der Waals surface area contributed by atoms with Crippen LogP contribution in [0.25, 0.3) is 0 Å². The minimum absolute atomic E-state index is 0.292. The minimum atomic E-state index is -0.292. The van der Waals surface area contributed by atoms with Crippen molar-refractivity contribution < 1.29 is 15.2 Å². The second kappa shape index (κ2) is 2.42. The van der Waals surface area contributed by atoms with E-state index in [9.17, 15) is 0 Å². The van der Waals surface area contributed by atoms with Crippen LogP contribution in [-0.2, 0) is 15.2 Å². The van der Waals surface area contributed by atoms with Gasteiger partial charge in [0.05, 0.1) is 0 Å². The van der Waals surface area contributed by atoms with Gasteiger partial charge in [-0.15, -0.1) is 0 Å². The van der Waals surface area contributed by atoms with Crippen molar-refractivity contribution >= 4 is 13.6 Å². The van der Waals surface area contributed by atoms with Gasteiger partial charge in [-0.25, -0.2) is 0 Å². The van der Waals surface area contributed by atoms with E-state index in [4.69, 9.17) is 0 Å². The molecule has 0 aliphatic carbocycles. The van der Waals surface area contributed by atoms with Crippen molar-refractivity contribution in [2.45, 2.75) is 24.8 Å². The Kier molecular flexibility index (Phi) is 2.87. The van der Waals surface area contributed by atoms with Gasteiger partial charge in [-0.2, -0.15) is 0 Å². The molecule has 0 rings (SSSR count). The first-order valence-electron chi connectivity index (χ1n) is 2.12. The van der Waals surface area contributed by atoms with Gasteiger partial charge in [0.25, 0.3) is 0 Å². The number of halogens is 1. The molecule has 34 valence electrons. The van der Waals surface area contributed by atoms with E-state index in [1.165, 1.54) is 0 Å². The van der Waals surface area contributed by atoms with Crippen LogP contribution in [0.1, 0.15) is 20.8 Å². The predicted octanol–water partition coefficient (Wildman–Crippen LogP) is 2.60. The van der Waals surface area contributed by atoms with Crippen LogP contribution in [0, 0.1) is 0 Å². The molecule has 0 aromatic carbocycles. The monoisotopic (exact) mass is 200 g/mol. The zero-order chi connectivity index (χ0) is 5.21. The molecule has 0 aromatic rings. The van der Waals surface area contributed by atoms with E-state index in [1.807, 2.05) is 0 Å². The van der Waals surface area contributed by atoms with Gasteiger partial charge in [0.15, 0.2) is 0 Å². The van der Waals surface area contributed by atoms with Crippen molar-refractivity contribution in [3.63, 3.8) is 0 Å². The van der Waals surface area contributed by atoms with Gasteiger partial charge in [-0.3, -0.25) is 0 Å². The second-order valence-electron chi connectivity index (χ2n) is 2.69. The number of rotatable bonds is 0. The summed E-state index contributed by atoms with van der Waals surface area (Å²) in [6.45, 7) is 6.84. The van der Waals surface area contributed by atoms with Crippen LogP contribution in [0.2, 0.25) is 4.01 Å². The Labute approximate surface area is 53.7 Å². The molecule has 0 heterocycles. The zero-order valence-corrected chi connectivity index (χ0v) is 9.14. The summed E-state index contributed by atoms with van der Waals surface area (Å²) in [6, 6.07) is 0. The Morgan fingerprint density at radius 2 is 1.50 bits per heavy atom. The number of hydrogen-bond donors (Lipinski definition) is 0. The summed E-state index contributed by atoms with van der Waals surface area (Å²) < 4.78 is 0.646. The fourth-order valence-electron chi connectivity index (χ4n) is 0. The van der Waals surface area contributed by atoms with Crippen LogP contribution in [0.3, 0.4) is 0 Å². The Balaban J connectivity index is 3.17. The maximum atomic E-state index is 3.56. The van der Waals surface area contributed by atoms with Crippen molar-refractivity contribution in [3.05, 3.63) is 0 Å². The van der Waals surface area contributed by atoms with Gasteiger partial charge in [0.1, 0.15) is 0 Å². The Bertz CT molecular complexity index is 37.3. The van der Waals surface area contributed by atoms with Crippen LogP contribution in [0.5, 0.6) is 0 Å². The SMILES string of the molecule is C[C](C)(C)[Zn][Br]. The van der Waals surface area contributed by atoms with Gasteiger partial charge in [0, 0.05) is 0 Å². The third kappa shape index (κ3) is 5.10. The van der Waals surface area contributed by atoms with Gasteiger partial charge in [-0.05, 0) is 0 Å². The standard InChI is InChI=1S/C4H9.BrH.Zn/c1-4(2)3;;/h1-3H3;1H;/q;;+1/p-1. The van der Waals surface area contributed by atoms with Gasteiger partial charge >= 0.3 is 53.6 Å². The molecule has 0 saturated heterocycles. The summed E-state index contributed by atoms with van der Waals surface area (Å²) in [4.78, 5) is 0. The van der Waals surface area contributed by atoms with E-state index < -0.39 is 0 Å². The van der Waals surface area contributed by atoms with Gasteiger partial charge in [0.2, 0.25) is 0 Å². The molecule has 2 heteroatoms.